The van der Waals surface area contributed by atoms with Crippen LogP contribution in [0, 0.1) is 23.6 Å². The van der Waals surface area contributed by atoms with E-state index in [4.69, 9.17) is 0 Å². The van der Waals surface area contributed by atoms with Crippen molar-refractivity contribution in [1.29, 1.82) is 0 Å². The number of aromatic nitrogens is 1. The summed E-state index contributed by atoms with van der Waals surface area (Å²) >= 11 is 4.93. The third-order valence-corrected chi connectivity index (χ3v) is 10.8. The van der Waals surface area contributed by atoms with E-state index in [1.165, 1.54) is 59.7 Å². The van der Waals surface area contributed by atoms with Crippen molar-refractivity contribution in [2.24, 2.45) is 17.8 Å². The zero-order chi connectivity index (χ0) is 21.1. The first kappa shape index (κ1) is 19.8. The van der Waals surface area contributed by atoms with Gasteiger partial charge in [0.2, 0.25) is 5.91 Å². The zero-order valence-electron chi connectivity index (χ0n) is 16.6. The van der Waals surface area contributed by atoms with Crippen molar-refractivity contribution in [2.45, 2.75) is 42.0 Å². The summed E-state index contributed by atoms with van der Waals surface area (Å²) in [6.45, 7) is -0.0162. The number of halogens is 1. The van der Waals surface area contributed by atoms with Gasteiger partial charge in [0, 0.05) is 26.6 Å². The van der Waals surface area contributed by atoms with E-state index >= 15 is 0 Å². The van der Waals surface area contributed by atoms with Crippen LogP contribution >= 0.6 is 34.4 Å². The molecule has 31 heavy (non-hydrogen) atoms. The first-order valence-electron chi connectivity index (χ1n) is 10.6. The predicted molar refractivity (Wildman–Crippen MR) is 124 cm³/mol. The fourth-order valence-electron chi connectivity index (χ4n) is 5.75. The van der Waals surface area contributed by atoms with Crippen LogP contribution in [0.15, 0.2) is 51.6 Å². The molecule has 4 unspecified atom stereocenters. The summed E-state index contributed by atoms with van der Waals surface area (Å²) in [6, 6.07) is 9.98. The Labute approximate surface area is 191 Å². The zero-order valence-corrected chi connectivity index (χ0v) is 19.1. The van der Waals surface area contributed by atoms with E-state index in [9.17, 15) is 14.0 Å². The maximum absolute atomic E-state index is 13.1. The number of thioether (sulfide) groups is 1. The van der Waals surface area contributed by atoms with Gasteiger partial charge in [0.25, 0.3) is 0 Å². The Hall–Kier alpha value is -1.90. The minimum absolute atomic E-state index is 0.0162. The minimum Gasteiger partial charge on any atom is -0.325 e. The smallest absolute Gasteiger partial charge is 0.308 e. The van der Waals surface area contributed by atoms with E-state index in [0.29, 0.717) is 22.8 Å². The molecule has 1 amide bonds. The van der Waals surface area contributed by atoms with Crippen molar-refractivity contribution in [3.8, 4) is 0 Å². The molecule has 1 N–H and O–H groups in total. The van der Waals surface area contributed by atoms with Crippen molar-refractivity contribution >= 4 is 46.0 Å². The van der Waals surface area contributed by atoms with Crippen LogP contribution in [0.4, 0.5) is 10.1 Å². The summed E-state index contributed by atoms with van der Waals surface area (Å²) in [4.78, 5) is 28.1. The molecule has 3 aromatic rings. The lowest BCUT2D eigenvalue weighted by Crippen LogP contribution is -2.34. The number of nitrogens with one attached hydrogen (secondary N) is 1. The second-order valence-electron chi connectivity index (χ2n) is 8.66. The van der Waals surface area contributed by atoms with E-state index in [1.807, 2.05) is 11.8 Å². The van der Waals surface area contributed by atoms with Crippen LogP contribution in [0.25, 0.3) is 0 Å². The molecule has 2 aromatic heterocycles. The molecule has 1 aliphatic heterocycles. The maximum atomic E-state index is 13.1. The van der Waals surface area contributed by atoms with E-state index in [0.717, 1.165) is 15.8 Å². The predicted octanol–water partition coefficient (Wildman–Crippen LogP) is 5.40. The molecule has 0 radical (unpaired) electrons. The molecule has 3 aliphatic rings. The number of amides is 1. The first-order chi connectivity index (χ1) is 15.1. The highest BCUT2D eigenvalue weighted by atomic mass is 32.2. The normalized spacial score (nSPS) is 28.4. The maximum Gasteiger partial charge on any atom is 0.308 e. The van der Waals surface area contributed by atoms with Crippen molar-refractivity contribution in [3.05, 3.63) is 67.0 Å². The van der Waals surface area contributed by atoms with E-state index < -0.39 is 0 Å². The minimum atomic E-state index is -0.349. The van der Waals surface area contributed by atoms with Crippen molar-refractivity contribution in [2.75, 3.05) is 5.32 Å². The number of fused-ring (bicyclic) bond motifs is 6. The van der Waals surface area contributed by atoms with E-state index in [2.05, 4.69) is 22.8 Å². The van der Waals surface area contributed by atoms with Crippen LogP contribution in [0.1, 0.15) is 34.9 Å². The average Bonchev–Trinajstić information content (AvgIpc) is 3.54. The summed E-state index contributed by atoms with van der Waals surface area (Å²) in [5, 5.41) is 6.42. The van der Waals surface area contributed by atoms with Gasteiger partial charge in [0.1, 0.15) is 12.4 Å². The molecular formula is C23H21FN2O2S3. The number of hydrogen-bond donors (Lipinski definition) is 1. The fraction of sp³-hybridized carbons (Fsp3) is 0.391. The third-order valence-electron chi connectivity index (χ3n) is 6.97. The Balaban J connectivity index is 1.34. The van der Waals surface area contributed by atoms with Gasteiger partial charge in [0.15, 0.2) is 0 Å². The average molecular weight is 473 g/mol. The number of anilines is 1. The largest absolute Gasteiger partial charge is 0.325 e. The molecule has 2 bridgehead atoms. The van der Waals surface area contributed by atoms with Gasteiger partial charge in [-0.1, -0.05) is 17.4 Å². The number of carbonyl (C=O) groups excluding carboxylic acids is 1. The topological polar surface area (TPSA) is 51.1 Å². The molecule has 2 aliphatic carbocycles. The van der Waals surface area contributed by atoms with Gasteiger partial charge in [-0.25, -0.2) is 4.39 Å². The highest BCUT2D eigenvalue weighted by Gasteiger charge is 2.55. The van der Waals surface area contributed by atoms with Crippen molar-refractivity contribution in [3.63, 3.8) is 0 Å². The van der Waals surface area contributed by atoms with Crippen molar-refractivity contribution in [1.82, 2.24) is 4.57 Å². The standard InChI is InChI=1S/C23H21FN2O2S3/c24-14-5-7-15(8-6-14)25-17(27)11-26-22-21(31-23(26)28)19(16-2-1-9-29-16)18-12-3-4-13(10-12)20(18)30-22/h1-2,5-9,12-13,18-20H,3-4,10-11H2,(H,25,27)/t12?,13?,18?,19-,20?/m0/s1. The Kier molecular flexibility index (Phi) is 4.85. The van der Waals surface area contributed by atoms with Crippen LogP contribution in [-0.4, -0.2) is 15.7 Å². The monoisotopic (exact) mass is 472 g/mol. The molecule has 4 nitrogen and oxygen atoms in total. The molecule has 0 spiro atoms. The number of thiazole rings is 1. The highest BCUT2D eigenvalue weighted by molar-refractivity contribution is 8.00. The molecule has 8 heteroatoms. The SMILES string of the molecule is O=C(Cn1c2c(sc1=O)[C@@H](c1cccs1)C1C3CCC(C3)C1S2)Nc1ccc(F)cc1. The number of benzene rings is 1. The van der Waals surface area contributed by atoms with Crippen LogP contribution in [0.3, 0.4) is 0 Å². The molecular weight excluding hydrogens is 451 g/mol. The van der Waals surface area contributed by atoms with Gasteiger partial charge in [-0.3, -0.25) is 14.2 Å². The molecule has 0 saturated heterocycles. The van der Waals surface area contributed by atoms with Gasteiger partial charge < -0.3 is 5.32 Å². The first-order valence-corrected chi connectivity index (χ1v) is 13.1. The molecule has 6 rings (SSSR count). The summed E-state index contributed by atoms with van der Waals surface area (Å²) in [6.07, 6.45) is 3.89. The van der Waals surface area contributed by atoms with Crippen LogP contribution < -0.4 is 10.2 Å². The summed E-state index contributed by atoms with van der Waals surface area (Å²) in [5.41, 5.74) is 0.529. The Morgan fingerprint density at radius 3 is 2.74 bits per heavy atom. The highest BCUT2D eigenvalue weighted by Crippen LogP contribution is 2.64. The number of nitrogens with zero attached hydrogens (tertiary/aromatic N) is 1. The summed E-state index contributed by atoms with van der Waals surface area (Å²) in [7, 11) is 0. The lowest BCUT2D eigenvalue weighted by atomic mass is 9.77. The molecule has 2 fully saturated rings. The van der Waals surface area contributed by atoms with Gasteiger partial charge >= 0.3 is 4.87 Å². The van der Waals surface area contributed by atoms with Crippen LogP contribution in [0.2, 0.25) is 0 Å². The fourth-order valence-corrected chi connectivity index (χ4v) is 9.86. The van der Waals surface area contributed by atoms with Gasteiger partial charge in [0.05, 0.1) is 5.03 Å². The summed E-state index contributed by atoms with van der Waals surface area (Å²) < 4.78 is 14.8. The second kappa shape index (κ2) is 7.60. The lowest BCUT2D eigenvalue weighted by Gasteiger charge is -2.40. The Bertz CT molecular complexity index is 1180. The van der Waals surface area contributed by atoms with Crippen LogP contribution in [-0.2, 0) is 11.3 Å². The van der Waals surface area contributed by atoms with Gasteiger partial charge in [-0.05, 0) is 72.7 Å². The molecule has 160 valence electrons. The number of hydrogen-bond acceptors (Lipinski definition) is 5. The lowest BCUT2D eigenvalue weighted by molar-refractivity contribution is -0.116. The van der Waals surface area contributed by atoms with Gasteiger partial charge in [-0.2, -0.15) is 0 Å². The Morgan fingerprint density at radius 2 is 1.97 bits per heavy atom. The summed E-state index contributed by atoms with van der Waals surface area (Å²) in [5.74, 6) is 1.71. The Morgan fingerprint density at radius 1 is 1.16 bits per heavy atom. The quantitative estimate of drug-likeness (QED) is 0.553. The molecule has 2 saturated carbocycles. The second-order valence-corrected chi connectivity index (χ2v) is 11.8. The van der Waals surface area contributed by atoms with E-state index in [1.54, 1.807) is 15.9 Å². The number of rotatable bonds is 4. The number of thiophene rings is 1. The number of carbonyl (C=O) groups is 1. The van der Waals surface area contributed by atoms with Crippen molar-refractivity contribution < 1.29 is 9.18 Å². The molecule has 3 heterocycles. The van der Waals surface area contributed by atoms with E-state index in [-0.39, 0.29) is 29.1 Å². The van der Waals surface area contributed by atoms with Crippen LogP contribution in [0.5, 0.6) is 0 Å². The molecule has 1 aromatic carbocycles. The van der Waals surface area contributed by atoms with Gasteiger partial charge in [-0.15, -0.1) is 23.1 Å². The third kappa shape index (κ3) is 3.31. The molecule has 5 atom stereocenters.